The molecular weight excluding hydrogens is 286 g/mol. The molecule has 112 valence electrons. The number of nitrogens with zero attached hydrogens (tertiary/aromatic N) is 2. The van der Waals surface area contributed by atoms with Crippen LogP contribution in [0.3, 0.4) is 0 Å². The van der Waals surface area contributed by atoms with Crippen molar-refractivity contribution in [3.05, 3.63) is 69.8 Å². The molecule has 2 aromatic carbocycles. The summed E-state index contributed by atoms with van der Waals surface area (Å²) < 4.78 is 0. The fourth-order valence-electron chi connectivity index (χ4n) is 1.74. The van der Waals surface area contributed by atoms with Crippen molar-refractivity contribution in [3.63, 3.8) is 0 Å². The van der Waals surface area contributed by atoms with E-state index >= 15 is 0 Å². The molecule has 1 amide bonds. The topological polar surface area (TPSA) is 105 Å². The summed E-state index contributed by atoms with van der Waals surface area (Å²) in [7, 11) is 0. The molecule has 0 unspecified atom stereocenters. The molecule has 2 aromatic rings. The number of nitro groups is 1. The van der Waals surface area contributed by atoms with Crippen molar-refractivity contribution in [2.45, 2.75) is 6.42 Å². The smallest absolute Gasteiger partial charge is 0.269 e. The Morgan fingerprint density at radius 2 is 2.00 bits per heavy atom. The van der Waals surface area contributed by atoms with Crippen molar-refractivity contribution in [2.75, 3.05) is 0 Å². The summed E-state index contributed by atoms with van der Waals surface area (Å²) in [4.78, 5) is 21.7. The van der Waals surface area contributed by atoms with E-state index in [2.05, 4.69) is 10.5 Å². The number of hydrazone groups is 1. The second-order valence-corrected chi connectivity index (χ2v) is 4.49. The summed E-state index contributed by atoms with van der Waals surface area (Å²) in [6, 6.07) is 12.2. The minimum absolute atomic E-state index is 0.0222. The number of aromatic hydroxyl groups is 1. The van der Waals surface area contributed by atoms with Gasteiger partial charge in [-0.15, -0.1) is 0 Å². The van der Waals surface area contributed by atoms with Gasteiger partial charge < -0.3 is 5.11 Å². The second-order valence-electron chi connectivity index (χ2n) is 4.49. The molecule has 0 saturated carbocycles. The van der Waals surface area contributed by atoms with Gasteiger partial charge in [-0.25, -0.2) is 5.43 Å². The van der Waals surface area contributed by atoms with Crippen molar-refractivity contribution in [1.82, 2.24) is 5.43 Å². The first kappa shape index (κ1) is 15.2. The van der Waals surface area contributed by atoms with Crippen LogP contribution in [-0.4, -0.2) is 22.2 Å². The van der Waals surface area contributed by atoms with Crippen LogP contribution < -0.4 is 5.43 Å². The van der Waals surface area contributed by atoms with Crippen molar-refractivity contribution < 1.29 is 14.8 Å². The van der Waals surface area contributed by atoms with Gasteiger partial charge in [-0.1, -0.05) is 24.3 Å². The van der Waals surface area contributed by atoms with Crippen molar-refractivity contribution in [2.24, 2.45) is 5.10 Å². The van der Waals surface area contributed by atoms with E-state index in [9.17, 15) is 20.0 Å². The molecule has 7 heteroatoms. The van der Waals surface area contributed by atoms with E-state index in [0.717, 1.165) is 0 Å². The molecule has 2 N–H and O–H groups in total. The molecule has 0 aliphatic rings. The van der Waals surface area contributed by atoms with Crippen molar-refractivity contribution in [1.29, 1.82) is 0 Å². The minimum Gasteiger partial charge on any atom is -0.508 e. The lowest BCUT2D eigenvalue weighted by molar-refractivity contribution is -0.384. The predicted molar refractivity (Wildman–Crippen MR) is 80.6 cm³/mol. The van der Waals surface area contributed by atoms with Gasteiger partial charge in [0.2, 0.25) is 5.91 Å². The van der Waals surface area contributed by atoms with Crippen molar-refractivity contribution in [3.8, 4) is 5.75 Å². The first-order chi connectivity index (χ1) is 10.5. The summed E-state index contributed by atoms with van der Waals surface area (Å²) in [6.07, 6.45) is 1.48. The van der Waals surface area contributed by atoms with E-state index in [1.807, 2.05) is 0 Å². The first-order valence-electron chi connectivity index (χ1n) is 6.39. The third kappa shape index (κ3) is 4.41. The average molecular weight is 299 g/mol. The van der Waals surface area contributed by atoms with Crippen LogP contribution in [0.25, 0.3) is 0 Å². The Bertz CT molecular complexity index is 711. The normalized spacial score (nSPS) is 10.5. The number of carbonyl (C=O) groups is 1. The highest BCUT2D eigenvalue weighted by Gasteiger charge is 2.06. The lowest BCUT2D eigenvalue weighted by atomic mass is 10.1. The lowest BCUT2D eigenvalue weighted by Gasteiger charge is -2.00. The molecule has 7 nitrogen and oxygen atoms in total. The Balaban J connectivity index is 1.89. The summed E-state index contributed by atoms with van der Waals surface area (Å²) in [6.45, 7) is 0. The minimum atomic E-state index is -0.497. The molecule has 2 rings (SSSR count). The molecule has 0 spiro atoms. The number of nitro benzene ring substituents is 1. The van der Waals surface area contributed by atoms with Gasteiger partial charge in [-0.3, -0.25) is 14.9 Å². The van der Waals surface area contributed by atoms with E-state index in [1.54, 1.807) is 12.1 Å². The standard InChI is InChI=1S/C15H13N3O4/c19-14-3-1-2-12(8-14)10-16-17-15(20)9-11-4-6-13(7-5-11)18(21)22/h1-8,10,19H,9H2,(H,17,20)/b16-10-. The molecule has 0 aliphatic heterocycles. The maximum absolute atomic E-state index is 11.7. The van der Waals surface area contributed by atoms with E-state index < -0.39 is 4.92 Å². The van der Waals surface area contributed by atoms with Crippen LogP contribution in [-0.2, 0) is 11.2 Å². The molecule has 0 saturated heterocycles. The van der Waals surface area contributed by atoms with Crippen LogP contribution in [0.5, 0.6) is 5.75 Å². The number of rotatable bonds is 5. The van der Waals surface area contributed by atoms with Gasteiger partial charge in [0.25, 0.3) is 5.69 Å². The molecule has 0 heterocycles. The van der Waals surface area contributed by atoms with Gasteiger partial charge >= 0.3 is 0 Å². The number of non-ortho nitro benzene ring substituents is 1. The monoisotopic (exact) mass is 299 g/mol. The maximum Gasteiger partial charge on any atom is 0.269 e. The maximum atomic E-state index is 11.7. The zero-order valence-electron chi connectivity index (χ0n) is 11.5. The van der Waals surface area contributed by atoms with Crippen LogP contribution in [0.2, 0.25) is 0 Å². The molecule has 0 aromatic heterocycles. The third-order valence-electron chi connectivity index (χ3n) is 2.78. The van der Waals surface area contributed by atoms with Gasteiger partial charge in [0.15, 0.2) is 0 Å². The number of nitrogens with one attached hydrogen (secondary N) is 1. The Morgan fingerprint density at radius 3 is 2.64 bits per heavy atom. The zero-order chi connectivity index (χ0) is 15.9. The number of benzene rings is 2. The second kappa shape index (κ2) is 6.98. The Kier molecular flexibility index (Phi) is 4.81. The van der Waals surface area contributed by atoms with Crippen LogP contribution in [0, 0.1) is 10.1 Å². The van der Waals surface area contributed by atoms with Crippen molar-refractivity contribution >= 4 is 17.8 Å². The summed E-state index contributed by atoms with van der Waals surface area (Å²) in [5, 5.41) is 23.6. The number of phenols is 1. The SMILES string of the molecule is O=C(Cc1ccc([N+](=O)[O-])cc1)N/N=C\c1cccc(O)c1. The van der Waals surface area contributed by atoms with Crippen LogP contribution in [0.1, 0.15) is 11.1 Å². The number of hydrogen-bond donors (Lipinski definition) is 2. The number of amides is 1. The predicted octanol–water partition coefficient (Wildman–Crippen LogP) is 1.99. The molecule has 0 atom stereocenters. The average Bonchev–Trinajstić information content (AvgIpc) is 2.48. The van der Waals surface area contributed by atoms with E-state index in [4.69, 9.17) is 0 Å². The number of carbonyl (C=O) groups excluding carboxylic acids is 1. The van der Waals surface area contributed by atoms with E-state index in [0.29, 0.717) is 11.1 Å². The van der Waals surface area contributed by atoms with Crippen LogP contribution >= 0.6 is 0 Å². The van der Waals surface area contributed by atoms with E-state index in [1.165, 1.54) is 42.6 Å². The van der Waals surface area contributed by atoms with Gasteiger partial charge in [-0.05, 0) is 23.3 Å². The highest BCUT2D eigenvalue weighted by Crippen LogP contribution is 2.12. The summed E-state index contributed by atoms with van der Waals surface area (Å²) in [5.74, 6) is -0.230. The lowest BCUT2D eigenvalue weighted by Crippen LogP contribution is -2.19. The Labute approximate surface area is 126 Å². The quantitative estimate of drug-likeness (QED) is 0.500. The molecule has 0 radical (unpaired) electrons. The number of hydrogen-bond acceptors (Lipinski definition) is 5. The Hall–Kier alpha value is -3.22. The third-order valence-corrected chi connectivity index (χ3v) is 2.78. The number of phenolic OH excluding ortho intramolecular Hbond substituents is 1. The summed E-state index contributed by atoms with van der Waals surface area (Å²) in [5.41, 5.74) is 3.63. The molecule has 0 aliphatic carbocycles. The highest BCUT2D eigenvalue weighted by atomic mass is 16.6. The Morgan fingerprint density at radius 1 is 1.27 bits per heavy atom. The first-order valence-corrected chi connectivity index (χ1v) is 6.39. The molecule has 0 bridgehead atoms. The van der Waals surface area contributed by atoms with Crippen LogP contribution in [0.15, 0.2) is 53.6 Å². The molecule has 0 fully saturated rings. The fourth-order valence-corrected chi connectivity index (χ4v) is 1.74. The van der Waals surface area contributed by atoms with Gasteiger partial charge in [0, 0.05) is 12.1 Å². The largest absolute Gasteiger partial charge is 0.508 e. The van der Waals surface area contributed by atoms with Crippen LogP contribution in [0.4, 0.5) is 5.69 Å². The molecular formula is C15H13N3O4. The summed E-state index contributed by atoms with van der Waals surface area (Å²) >= 11 is 0. The van der Waals surface area contributed by atoms with Gasteiger partial charge in [-0.2, -0.15) is 5.10 Å². The zero-order valence-corrected chi connectivity index (χ0v) is 11.5. The fraction of sp³-hybridized carbons (Fsp3) is 0.0667. The highest BCUT2D eigenvalue weighted by molar-refractivity contribution is 5.83. The van der Waals surface area contributed by atoms with E-state index in [-0.39, 0.29) is 23.8 Å². The molecule has 22 heavy (non-hydrogen) atoms. The van der Waals surface area contributed by atoms with Gasteiger partial charge in [0.05, 0.1) is 17.6 Å². The van der Waals surface area contributed by atoms with Gasteiger partial charge in [0.1, 0.15) is 5.75 Å².